The molecule has 0 radical (unpaired) electrons. The van der Waals surface area contributed by atoms with Gasteiger partial charge in [0.15, 0.2) is 5.13 Å². The van der Waals surface area contributed by atoms with E-state index < -0.39 is 0 Å². The van der Waals surface area contributed by atoms with E-state index >= 15 is 0 Å². The molecular weight excluding hydrogens is 260 g/mol. The highest BCUT2D eigenvalue weighted by molar-refractivity contribution is 7.15. The molecule has 1 aromatic heterocycles. The smallest absolute Gasteiger partial charge is 0.230 e. The third-order valence-electron chi connectivity index (χ3n) is 3.40. The van der Waals surface area contributed by atoms with Gasteiger partial charge in [0.1, 0.15) is 0 Å². The zero-order valence-corrected chi connectivity index (χ0v) is 13.1. The van der Waals surface area contributed by atoms with Crippen molar-refractivity contribution in [1.82, 2.24) is 15.2 Å². The Hall–Kier alpha value is -0.850. The molecule has 0 aromatic carbocycles. The predicted octanol–water partition coefficient (Wildman–Crippen LogP) is 1.40. The molecule has 6 heteroatoms. The number of ether oxygens (including phenoxy) is 1. The minimum Gasteiger partial charge on any atom is -0.480 e. The molecule has 1 aliphatic heterocycles. The van der Waals surface area contributed by atoms with E-state index in [0.717, 1.165) is 24.1 Å². The summed E-state index contributed by atoms with van der Waals surface area (Å²) in [4.78, 5) is 10.1. The molecule has 2 heterocycles. The van der Waals surface area contributed by atoms with E-state index in [0.29, 0.717) is 6.04 Å². The molecule has 108 valence electrons. The van der Waals surface area contributed by atoms with Crippen molar-refractivity contribution in [2.45, 2.75) is 25.4 Å². The minimum absolute atomic E-state index is 0.577. The number of nitrogens with one attached hydrogen (secondary N) is 1. The normalized spacial score (nSPS) is 20.5. The van der Waals surface area contributed by atoms with E-state index in [1.807, 2.05) is 19.0 Å². The Labute approximate surface area is 119 Å². The van der Waals surface area contributed by atoms with Gasteiger partial charge in [-0.2, -0.15) is 4.98 Å². The highest BCUT2D eigenvalue weighted by atomic mass is 32.1. The predicted molar refractivity (Wildman–Crippen MR) is 80.4 cm³/mol. The molecule has 0 spiro atoms. The number of rotatable bonds is 5. The number of likely N-dealkylation sites (tertiary alicyclic amines) is 1. The molecule has 0 saturated carbocycles. The first kappa shape index (κ1) is 14.6. The molecule has 1 saturated heterocycles. The second kappa shape index (κ2) is 6.54. The van der Waals surface area contributed by atoms with Gasteiger partial charge in [-0.3, -0.25) is 0 Å². The maximum absolute atomic E-state index is 5.36. The lowest BCUT2D eigenvalue weighted by atomic mass is 10.1. The summed E-state index contributed by atoms with van der Waals surface area (Å²) in [7, 11) is 7.88. The molecule has 0 aliphatic carbocycles. The van der Waals surface area contributed by atoms with Gasteiger partial charge in [0.05, 0.1) is 12.0 Å². The topological polar surface area (TPSA) is 40.6 Å². The number of thiazole rings is 1. The maximum Gasteiger partial charge on any atom is 0.230 e. The van der Waals surface area contributed by atoms with Crippen LogP contribution < -0.4 is 15.0 Å². The van der Waals surface area contributed by atoms with E-state index in [9.17, 15) is 0 Å². The number of aromatic nitrogens is 1. The first-order chi connectivity index (χ1) is 9.10. The monoisotopic (exact) mass is 284 g/mol. The summed E-state index contributed by atoms with van der Waals surface area (Å²) in [5, 5.41) is 4.62. The van der Waals surface area contributed by atoms with E-state index in [1.54, 1.807) is 18.4 Å². The van der Waals surface area contributed by atoms with Gasteiger partial charge in [0, 0.05) is 33.2 Å². The van der Waals surface area contributed by atoms with Gasteiger partial charge in [-0.25, -0.2) is 0 Å². The highest BCUT2D eigenvalue weighted by Crippen LogP contribution is 2.30. The zero-order chi connectivity index (χ0) is 13.8. The van der Waals surface area contributed by atoms with Crippen LogP contribution >= 0.6 is 11.3 Å². The minimum atomic E-state index is 0.577. The van der Waals surface area contributed by atoms with E-state index in [1.165, 1.54) is 24.3 Å². The number of piperidine rings is 1. The molecule has 1 fully saturated rings. The summed E-state index contributed by atoms with van der Waals surface area (Å²) >= 11 is 1.70. The van der Waals surface area contributed by atoms with Gasteiger partial charge in [-0.05, 0) is 26.4 Å². The summed E-state index contributed by atoms with van der Waals surface area (Å²) < 4.78 is 5.36. The van der Waals surface area contributed by atoms with Crippen LogP contribution in [0.4, 0.5) is 5.13 Å². The van der Waals surface area contributed by atoms with E-state index in [2.05, 4.69) is 22.2 Å². The van der Waals surface area contributed by atoms with Crippen LogP contribution in [0.2, 0.25) is 0 Å². The van der Waals surface area contributed by atoms with Gasteiger partial charge in [-0.1, -0.05) is 11.3 Å². The van der Waals surface area contributed by atoms with E-state index in [4.69, 9.17) is 4.74 Å². The van der Waals surface area contributed by atoms with Crippen molar-refractivity contribution in [2.24, 2.45) is 0 Å². The first-order valence-corrected chi connectivity index (χ1v) is 7.54. The van der Waals surface area contributed by atoms with Gasteiger partial charge < -0.3 is 19.9 Å². The molecule has 1 aliphatic rings. The fourth-order valence-corrected chi connectivity index (χ4v) is 3.26. The molecule has 5 nitrogen and oxygen atoms in total. The molecule has 1 aromatic rings. The van der Waals surface area contributed by atoms with Crippen molar-refractivity contribution in [3.05, 3.63) is 4.88 Å². The molecule has 19 heavy (non-hydrogen) atoms. The number of anilines is 1. The Balaban J connectivity index is 1.94. The Morgan fingerprint density at radius 3 is 2.95 bits per heavy atom. The van der Waals surface area contributed by atoms with Crippen LogP contribution in [-0.4, -0.2) is 57.3 Å². The maximum atomic E-state index is 5.36. The van der Waals surface area contributed by atoms with Crippen molar-refractivity contribution in [3.63, 3.8) is 0 Å². The summed E-state index contributed by atoms with van der Waals surface area (Å²) in [6.45, 7) is 3.18. The quantitative estimate of drug-likeness (QED) is 0.885. The standard InChI is InChI=1S/C13H24N4OS/c1-16(2)13-15-12(18-4)11(19-13)8-14-10-6-5-7-17(3)9-10/h10,14H,5-9H2,1-4H3. The fraction of sp³-hybridized carbons (Fsp3) is 0.769. The van der Waals surface area contributed by atoms with Crippen LogP contribution in [0.5, 0.6) is 5.88 Å². The molecule has 0 bridgehead atoms. The Kier molecular flexibility index (Phi) is 5.01. The summed E-state index contributed by atoms with van der Waals surface area (Å²) in [5.41, 5.74) is 0. The average Bonchev–Trinajstić information content (AvgIpc) is 2.80. The summed E-state index contributed by atoms with van der Waals surface area (Å²) in [6, 6.07) is 0.577. The van der Waals surface area contributed by atoms with Crippen LogP contribution in [0.3, 0.4) is 0 Å². The van der Waals surface area contributed by atoms with Crippen molar-refractivity contribution < 1.29 is 4.74 Å². The lowest BCUT2D eigenvalue weighted by Crippen LogP contribution is -2.43. The van der Waals surface area contributed by atoms with Crippen molar-refractivity contribution in [1.29, 1.82) is 0 Å². The van der Waals surface area contributed by atoms with Gasteiger partial charge in [0.2, 0.25) is 5.88 Å². The van der Waals surface area contributed by atoms with Crippen LogP contribution in [0.15, 0.2) is 0 Å². The van der Waals surface area contributed by atoms with Gasteiger partial charge >= 0.3 is 0 Å². The van der Waals surface area contributed by atoms with E-state index in [-0.39, 0.29) is 0 Å². The molecular formula is C13H24N4OS. The lowest BCUT2D eigenvalue weighted by Gasteiger charge is -2.30. The molecule has 1 unspecified atom stereocenters. The third-order valence-corrected chi connectivity index (χ3v) is 4.61. The number of methoxy groups -OCH3 is 1. The summed E-state index contributed by atoms with van der Waals surface area (Å²) in [6.07, 6.45) is 2.53. The van der Waals surface area contributed by atoms with Gasteiger partial charge in [-0.15, -0.1) is 0 Å². The average molecular weight is 284 g/mol. The highest BCUT2D eigenvalue weighted by Gasteiger charge is 2.18. The van der Waals surface area contributed by atoms with Crippen molar-refractivity contribution >= 4 is 16.5 Å². The summed E-state index contributed by atoms with van der Waals surface area (Å²) in [5.74, 6) is 0.755. The van der Waals surface area contributed by atoms with Crippen LogP contribution in [-0.2, 0) is 6.54 Å². The molecule has 1 atom stereocenters. The molecule has 2 rings (SSSR count). The fourth-order valence-electron chi connectivity index (χ4n) is 2.36. The lowest BCUT2D eigenvalue weighted by molar-refractivity contribution is 0.226. The van der Waals surface area contributed by atoms with Crippen molar-refractivity contribution in [2.75, 3.05) is 46.2 Å². The Bertz CT molecular complexity index is 407. The number of hydrogen-bond acceptors (Lipinski definition) is 6. The van der Waals surface area contributed by atoms with Crippen LogP contribution in [0, 0.1) is 0 Å². The zero-order valence-electron chi connectivity index (χ0n) is 12.3. The number of nitrogens with zero attached hydrogens (tertiary/aromatic N) is 3. The second-order valence-electron chi connectivity index (χ2n) is 5.31. The first-order valence-electron chi connectivity index (χ1n) is 6.73. The Morgan fingerprint density at radius 1 is 1.53 bits per heavy atom. The molecule has 0 amide bonds. The largest absolute Gasteiger partial charge is 0.480 e. The van der Waals surface area contributed by atoms with Gasteiger partial charge in [0.25, 0.3) is 0 Å². The van der Waals surface area contributed by atoms with Crippen LogP contribution in [0.1, 0.15) is 17.7 Å². The van der Waals surface area contributed by atoms with Crippen LogP contribution in [0.25, 0.3) is 0 Å². The third kappa shape index (κ3) is 3.81. The Morgan fingerprint density at radius 2 is 2.32 bits per heavy atom. The number of likely N-dealkylation sites (N-methyl/N-ethyl adjacent to an activating group) is 1. The second-order valence-corrected chi connectivity index (χ2v) is 6.37. The number of hydrogen-bond donors (Lipinski definition) is 1. The SMILES string of the molecule is COc1nc(N(C)C)sc1CNC1CCCN(C)C1. The molecule has 1 N–H and O–H groups in total. The van der Waals surface area contributed by atoms with Crippen molar-refractivity contribution in [3.8, 4) is 5.88 Å².